The number of nitro groups is 1. The van der Waals surface area contributed by atoms with E-state index in [4.69, 9.17) is 47.0 Å². The van der Waals surface area contributed by atoms with E-state index in [1.807, 2.05) is 6.07 Å². The number of anilines is 1. The second-order valence-electron chi connectivity index (χ2n) is 5.19. The molecule has 0 spiro atoms. The van der Waals surface area contributed by atoms with Crippen LogP contribution in [0.3, 0.4) is 0 Å². The Morgan fingerprint density at radius 3 is 2.22 bits per heavy atom. The van der Waals surface area contributed by atoms with Gasteiger partial charge in [-0.3, -0.25) is 14.9 Å². The lowest BCUT2D eigenvalue weighted by atomic mass is 10.1. The van der Waals surface area contributed by atoms with Crippen molar-refractivity contribution in [3.63, 3.8) is 0 Å². The number of rotatable bonds is 5. The summed E-state index contributed by atoms with van der Waals surface area (Å²) in [6.07, 6.45) is -1.25. The van der Waals surface area contributed by atoms with Crippen LogP contribution in [0.4, 0.5) is 11.4 Å². The molecule has 0 unspecified atom stereocenters. The summed E-state index contributed by atoms with van der Waals surface area (Å²) in [5.41, 5.74) is 0.136. The summed E-state index contributed by atoms with van der Waals surface area (Å²) >= 11 is 22.9. The van der Waals surface area contributed by atoms with Crippen LogP contribution >= 0.6 is 47.0 Å². The molecule has 2 rings (SSSR count). The fraction of sp³-hybridized carbons (Fsp3) is 0.125. The van der Waals surface area contributed by atoms with Gasteiger partial charge in [0.25, 0.3) is 11.6 Å². The number of amides is 1. The fourth-order valence-electron chi connectivity index (χ4n) is 2.05. The molecule has 0 radical (unpaired) electrons. The van der Waals surface area contributed by atoms with Crippen LogP contribution in [-0.2, 0) is 0 Å². The van der Waals surface area contributed by atoms with Crippen LogP contribution in [0.15, 0.2) is 54.6 Å². The Labute approximate surface area is 175 Å². The zero-order chi connectivity index (χ0) is 20.0. The third kappa shape index (κ3) is 6.21. The highest BCUT2D eigenvalue weighted by atomic mass is 35.6. The number of hydrogen-bond acceptors (Lipinski definition) is 4. The third-order valence-electron chi connectivity index (χ3n) is 3.26. The van der Waals surface area contributed by atoms with Gasteiger partial charge in [-0.2, -0.15) is 0 Å². The molecule has 0 aliphatic rings. The predicted octanol–water partition coefficient (Wildman–Crippen LogP) is 4.01. The monoisotopic (exact) mass is 446 g/mol. The topological polar surface area (TPSA) is 96.3 Å². The Morgan fingerprint density at radius 1 is 1.04 bits per heavy atom. The minimum atomic E-state index is -1.98. The Bertz CT molecular complexity index is 846. The number of nitrogens with one attached hydrogen (secondary N) is 3. The van der Waals surface area contributed by atoms with Gasteiger partial charge in [-0.05, 0) is 30.4 Å². The average molecular weight is 448 g/mol. The SMILES string of the molecule is O=C(N[C@@H](NC(=S)Nc1ccccc1)C(Cl)(Cl)Cl)c1ccccc1[N+](=O)[O-]. The predicted molar refractivity (Wildman–Crippen MR) is 110 cm³/mol. The minimum Gasteiger partial charge on any atom is -0.339 e. The van der Waals surface area contributed by atoms with Crippen LogP contribution < -0.4 is 16.0 Å². The molecule has 3 N–H and O–H groups in total. The molecule has 0 aromatic heterocycles. The van der Waals surface area contributed by atoms with E-state index >= 15 is 0 Å². The van der Waals surface area contributed by atoms with Gasteiger partial charge in [-0.1, -0.05) is 65.1 Å². The van der Waals surface area contributed by atoms with Crippen LogP contribution in [0.2, 0.25) is 0 Å². The Hall–Kier alpha value is -2.13. The van der Waals surface area contributed by atoms with E-state index in [0.717, 1.165) is 0 Å². The van der Waals surface area contributed by atoms with Crippen molar-refractivity contribution in [3.8, 4) is 0 Å². The van der Waals surface area contributed by atoms with Gasteiger partial charge in [0.2, 0.25) is 3.79 Å². The van der Waals surface area contributed by atoms with E-state index < -0.39 is 20.8 Å². The largest absolute Gasteiger partial charge is 0.339 e. The molecule has 0 saturated heterocycles. The average Bonchev–Trinajstić information content (AvgIpc) is 2.61. The molecule has 2 aromatic rings. The maximum Gasteiger partial charge on any atom is 0.282 e. The van der Waals surface area contributed by atoms with Crippen molar-refractivity contribution in [2.45, 2.75) is 9.96 Å². The maximum absolute atomic E-state index is 12.5. The van der Waals surface area contributed by atoms with E-state index in [-0.39, 0.29) is 16.4 Å². The summed E-state index contributed by atoms with van der Waals surface area (Å²) in [6, 6.07) is 14.4. The Kier molecular flexibility index (Phi) is 7.20. The smallest absolute Gasteiger partial charge is 0.282 e. The van der Waals surface area contributed by atoms with Crippen LogP contribution in [0.25, 0.3) is 0 Å². The zero-order valence-corrected chi connectivity index (χ0v) is 16.6. The molecule has 27 heavy (non-hydrogen) atoms. The number of para-hydroxylation sites is 2. The number of carbonyl (C=O) groups is 1. The molecule has 7 nitrogen and oxygen atoms in total. The molecule has 0 fully saturated rings. The Morgan fingerprint density at radius 2 is 1.63 bits per heavy atom. The van der Waals surface area contributed by atoms with E-state index in [1.54, 1.807) is 24.3 Å². The molecule has 11 heteroatoms. The van der Waals surface area contributed by atoms with Crippen molar-refractivity contribution in [1.82, 2.24) is 10.6 Å². The second-order valence-corrected chi connectivity index (χ2v) is 7.96. The summed E-state index contributed by atoms with van der Waals surface area (Å²) in [6.45, 7) is 0. The first-order valence-electron chi connectivity index (χ1n) is 7.42. The number of halogens is 3. The molecular formula is C16H13Cl3N4O3S. The molecule has 142 valence electrons. The molecule has 0 aliphatic carbocycles. The highest BCUT2D eigenvalue weighted by Crippen LogP contribution is 2.30. The quantitative estimate of drug-likeness (QED) is 0.211. The number of carbonyl (C=O) groups excluding carboxylic acids is 1. The molecule has 0 bridgehead atoms. The maximum atomic E-state index is 12.5. The molecular weight excluding hydrogens is 435 g/mol. The Balaban J connectivity index is 2.14. The summed E-state index contributed by atoms with van der Waals surface area (Å²) in [4.78, 5) is 22.9. The van der Waals surface area contributed by atoms with E-state index in [1.165, 1.54) is 24.3 Å². The van der Waals surface area contributed by atoms with E-state index in [0.29, 0.717) is 5.69 Å². The normalized spacial score (nSPS) is 12.0. The summed E-state index contributed by atoms with van der Waals surface area (Å²) in [5.74, 6) is -0.798. The van der Waals surface area contributed by atoms with Gasteiger partial charge in [0.15, 0.2) is 5.11 Å². The van der Waals surface area contributed by atoms with Gasteiger partial charge in [-0.25, -0.2) is 0 Å². The van der Waals surface area contributed by atoms with Crippen molar-refractivity contribution in [3.05, 3.63) is 70.3 Å². The lowest BCUT2D eigenvalue weighted by molar-refractivity contribution is -0.385. The van der Waals surface area contributed by atoms with Gasteiger partial charge >= 0.3 is 0 Å². The number of alkyl halides is 3. The van der Waals surface area contributed by atoms with Crippen molar-refractivity contribution >= 4 is 69.4 Å². The first-order valence-corrected chi connectivity index (χ1v) is 8.96. The highest BCUT2D eigenvalue weighted by molar-refractivity contribution is 7.80. The number of hydrogen-bond donors (Lipinski definition) is 3. The first-order chi connectivity index (χ1) is 12.7. The van der Waals surface area contributed by atoms with Crippen molar-refractivity contribution in [2.75, 3.05) is 5.32 Å². The molecule has 2 aromatic carbocycles. The van der Waals surface area contributed by atoms with Crippen molar-refractivity contribution in [1.29, 1.82) is 0 Å². The van der Waals surface area contributed by atoms with Crippen molar-refractivity contribution in [2.24, 2.45) is 0 Å². The molecule has 1 atom stereocenters. The molecule has 0 aliphatic heterocycles. The molecule has 0 heterocycles. The lowest BCUT2D eigenvalue weighted by Crippen LogP contribution is -2.56. The zero-order valence-electron chi connectivity index (χ0n) is 13.5. The lowest BCUT2D eigenvalue weighted by Gasteiger charge is -2.27. The van der Waals surface area contributed by atoms with E-state index in [2.05, 4.69) is 16.0 Å². The van der Waals surface area contributed by atoms with Crippen molar-refractivity contribution < 1.29 is 9.72 Å². The highest BCUT2D eigenvalue weighted by Gasteiger charge is 2.35. The van der Waals surface area contributed by atoms with Crippen LogP contribution in [0, 0.1) is 10.1 Å². The van der Waals surface area contributed by atoms with Crippen LogP contribution in [0.5, 0.6) is 0 Å². The number of nitro benzene ring substituents is 1. The number of nitrogens with zero attached hydrogens (tertiary/aromatic N) is 1. The standard InChI is InChI=1S/C16H13Cl3N4O3S/c17-16(18,19)14(22-15(27)20-10-6-2-1-3-7-10)21-13(24)11-8-4-5-9-12(11)23(25)26/h1-9,14H,(H,21,24)(H2,20,22,27)/t14-/m0/s1. The minimum absolute atomic E-state index is 0.0837. The van der Waals surface area contributed by atoms with E-state index in [9.17, 15) is 14.9 Å². The first kappa shape index (κ1) is 21.2. The number of benzene rings is 2. The summed E-state index contributed by atoms with van der Waals surface area (Å²) in [5, 5.41) is 19.1. The second kappa shape index (κ2) is 9.18. The third-order valence-corrected chi connectivity index (χ3v) is 4.13. The van der Waals surface area contributed by atoms with Gasteiger partial charge in [0.1, 0.15) is 11.7 Å². The van der Waals surface area contributed by atoms with Gasteiger partial charge in [-0.15, -0.1) is 0 Å². The molecule has 0 saturated carbocycles. The molecule has 1 amide bonds. The summed E-state index contributed by atoms with van der Waals surface area (Å²) in [7, 11) is 0. The number of thiocarbonyl (C=S) groups is 1. The van der Waals surface area contributed by atoms with Crippen LogP contribution in [0.1, 0.15) is 10.4 Å². The fourth-order valence-corrected chi connectivity index (χ4v) is 2.62. The van der Waals surface area contributed by atoms with Crippen LogP contribution in [-0.4, -0.2) is 25.9 Å². The summed E-state index contributed by atoms with van der Waals surface area (Å²) < 4.78 is -1.98. The van der Waals surface area contributed by atoms with Gasteiger partial charge in [0, 0.05) is 11.8 Å². The van der Waals surface area contributed by atoms with Gasteiger partial charge < -0.3 is 16.0 Å². The van der Waals surface area contributed by atoms with Gasteiger partial charge in [0.05, 0.1) is 4.92 Å².